The van der Waals surface area contributed by atoms with E-state index in [1.807, 2.05) is 0 Å². The fourth-order valence-corrected chi connectivity index (χ4v) is 0. The van der Waals surface area contributed by atoms with Crippen molar-refractivity contribution in [2.24, 2.45) is 0 Å². The molecule has 0 aliphatic carbocycles. The summed E-state index contributed by atoms with van der Waals surface area (Å²) in [5, 5.41) is 8.00. The zero-order chi connectivity index (χ0) is 9.65. The topological polar surface area (TPSA) is 147 Å². The Balaban J connectivity index is -0.0000000230. The molecule has 0 aliphatic rings. The van der Waals surface area contributed by atoms with Crippen LogP contribution in [0.5, 0.6) is 0 Å². The molecule has 68 valence electrons. The Hall–Kier alpha value is 4.13. The van der Waals surface area contributed by atoms with Gasteiger partial charge in [-0.2, -0.15) is 0 Å². The third-order valence-electron chi connectivity index (χ3n) is 0.458. The molecule has 0 bridgehead atoms. The van der Waals surface area contributed by atoms with E-state index in [9.17, 15) is 14.4 Å². The van der Waals surface area contributed by atoms with E-state index in [0.717, 1.165) is 6.92 Å². The fraction of sp³-hybridized carbons (Fsp3) is 1.00. The molecule has 0 radical (unpaired) electrons. The number of aliphatic hydroxyl groups excluding tert-OH is 1. The average Bonchev–Trinajstić information content (AvgIpc) is 1.59. The van der Waals surface area contributed by atoms with Gasteiger partial charge in [-0.25, -0.2) is 0 Å². The molecular weight excluding hydrogens is 290 g/mol. The van der Waals surface area contributed by atoms with Crippen molar-refractivity contribution in [1.29, 1.82) is 0 Å². The van der Waals surface area contributed by atoms with Gasteiger partial charge in [-0.05, 0) is 14.5 Å². The van der Waals surface area contributed by atoms with Gasteiger partial charge in [-0.3, -0.25) is 0 Å². The van der Waals surface area contributed by atoms with Crippen LogP contribution >= 0.6 is 15.9 Å². The minimum Gasteiger partial charge on any atom is -0.809 e. The van der Waals surface area contributed by atoms with Crippen molar-refractivity contribution in [1.82, 2.24) is 0 Å². The van der Waals surface area contributed by atoms with Gasteiger partial charge < -0.3 is 29.2 Å². The van der Waals surface area contributed by atoms with E-state index in [0.29, 0.717) is 0 Å². The maximum absolute atomic E-state index is 9.55. The maximum atomic E-state index is 9.55. The smallest absolute Gasteiger partial charge is 0.809 e. The van der Waals surface area contributed by atoms with E-state index in [-0.39, 0.29) is 118 Å². The van der Waals surface area contributed by atoms with Gasteiger partial charge in [0.05, 0.1) is 5.85 Å². The molecule has 1 atom stereocenters. The summed E-state index contributed by atoms with van der Waals surface area (Å²) in [6.45, 7) is 0.917. The van der Waals surface area contributed by atoms with Crippen molar-refractivity contribution in [2.75, 3.05) is 0 Å². The van der Waals surface area contributed by atoms with Crippen molar-refractivity contribution in [3.8, 4) is 0 Å². The minimum atomic E-state index is -4.68. The molecule has 0 aliphatic heterocycles. The van der Waals surface area contributed by atoms with Crippen molar-refractivity contribution in [2.45, 2.75) is 12.8 Å². The summed E-state index contributed by atoms with van der Waals surface area (Å²) in [7, 11) is -8.05. The number of rotatable bonds is 1. The normalized spacial score (nSPS) is 9.47. The Kier molecular flexibility index (Phi) is 49.7. The molecule has 0 saturated carbocycles. The quantitative estimate of drug-likeness (QED) is 0.373. The van der Waals surface area contributed by atoms with Gasteiger partial charge in [0, 0.05) is 0 Å². The summed E-state index contributed by atoms with van der Waals surface area (Å²) in [6.07, 6.45) is 0. The van der Waals surface area contributed by atoms with Crippen molar-refractivity contribution >= 4 is 15.9 Å². The van der Waals surface area contributed by atoms with Gasteiger partial charge in [0.1, 0.15) is 0 Å². The van der Waals surface area contributed by atoms with E-state index >= 15 is 0 Å². The third-order valence-corrected chi connectivity index (χ3v) is 1.37. The van der Waals surface area contributed by atoms with Gasteiger partial charge in [-0.1, -0.05) is 4.57 Å². The Bertz CT molecular complexity index is 166. The summed E-state index contributed by atoms with van der Waals surface area (Å²) in [6, 6.07) is 0. The molecule has 0 saturated heterocycles. The first-order chi connectivity index (χ1) is 4.68. The van der Waals surface area contributed by atoms with E-state index in [2.05, 4.69) is 0 Å². The minimum absolute atomic E-state index is 0. The second-order valence-corrected chi connectivity index (χ2v) is 3.67. The standard InChI is InChI=1S/C2H7O4P.4Na.HO3P/c1-2(3)7(4,5)6;;;;;1-4(2)3/h2-3H,1H3,(H2,4,5,6);;;;;(H,1,2,3)/q;4*+1;/p-3. The summed E-state index contributed by atoms with van der Waals surface area (Å²) in [5.41, 5.74) is 0. The molecule has 0 spiro atoms. The molecule has 1 N–H and O–H groups in total. The summed E-state index contributed by atoms with van der Waals surface area (Å²) in [5.74, 6) is -1.76. The zero-order valence-electron chi connectivity index (χ0n) is 9.37. The van der Waals surface area contributed by atoms with E-state index in [4.69, 9.17) is 19.5 Å². The van der Waals surface area contributed by atoms with Gasteiger partial charge in [0.15, 0.2) is 0 Å². The molecule has 0 aromatic heterocycles. The molecular formula is C2H5Na4O7P2+. The van der Waals surface area contributed by atoms with Crippen LogP contribution in [-0.2, 0) is 9.13 Å². The predicted molar refractivity (Wildman–Crippen MR) is 26.9 cm³/mol. The molecule has 1 unspecified atom stereocenters. The van der Waals surface area contributed by atoms with E-state index < -0.39 is 21.7 Å². The number of hydrogen-bond donors (Lipinski definition) is 1. The molecule has 15 heavy (non-hydrogen) atoms. The molecule has 0 aromatic carbocycles. The molecule has 0 fully saturated rings. The second kappa shape index (κ2) is 20.4. The molecule has 0 amide bonds. The van der Waals surface area contributed by atoms with E-state index in [1.165, 1.54) is 0 Å². The Morgan fingerprint density at radius 1 is 1.13 bits per heavy atom. The zero-order valence-corrected chi connectivity index (χ0v) is 19.2. The molecule has 13 heteroatoms. The average molecular weight is 295 g/mol. The van der Waals surface area contributed by atoms with Crippen LogP contribution in [0.1, 0.15) is 6.92 Å². The van der Waals surface area contributed by atoms with Crippen LogP contribution in [0.2, 0.25) is 0 Å². The van der Waals surface area contributed by atoms with Crippen LogP contribution in [0.3, 0.4) is 0 Å². The number of aliphatic hydroxyl groups is 1. The summed E-state index contributed by atoms with van der Waals surface area (Å²) in [4.78, 5) is 36.1. The van der Waals surface area contributed by atoms with Crippen LogP contribution in [0.4, 0.5) is 0 Å². The Morgan fingerprint density at radius 3 is 1.20 bits per heavy atom. The Labute approximate surface area is 177 Å². The van der Waals surface area contributed by atoms with E-state index in [1.54, 1.807) is 0 Å². The van der Waals surface area contributed by atoms with Crippen LogP contribution < -0.4 is 138 Å². The van der Waals surface area contributed by atoms with Gasteiger partial charge in [-0.15, -0.1) is 0 Å². The molecule has 7 nitrogen and oxygen atoms in total. The molecule has 0 heterocycles. The summed E-state index contributed by atoms with van der Waals surface area (Å²) < 4.78 is 18.0. The van der Waals surface area contributed by atoms with Crippen LogP contribution in [0.25, 0.3) is 0 Å². The first-order valence-corrected chi connectivity index (χ1v) is 4.90. The number of hydrogen-bond acceptors (Lipinski definition) is 7. The monoisotopic (exact) mass is 295 g/mol. The Morgan fingerprint density at radius 2 is 1.20 bits per heavy atom. The maximum Gasteiger partial charge on any atom is 1.00 e. The first kappa shape index (κ1) is 36.5. The summed E-state index contributed by atoms with van der Waals surface area (Å²) >= 11 is 0. The second-order valence-electron chi connectivity index (χ2n) is 1.40. The van der Waals surface area contributed by atoms with Gasteiger partial charge in [0.2, 0.25) is 0 Å². The van der Waals surface area contributed by atoms with Crippen LogP contribution in [0.15, 0.2) is 0 Å². The molecule has 0 rings (SSSR count). The van der Waals surface area contributed by atoms with Gasteiger partial charge in [0.25, 0.3) is 8.25 Å². The van der Waals surface area contributed by atoms with Crippen molar-refractivity contribution in [3.05, 3.63) is 0 Å². The van der Waals surface area contributed by atoms with Crippen LogP contribution in [0, 0.1) is 0 Å². The first-order valence-electron chi connectivity index (χ1n) is 2.19. The fourth-order valence-electron chi connectivity index (χ4n) is 0. The third kappa shape index (κ3) is 46.0. The SMILES string of the molecule is CC(O)P(=O)([O-])[O-].O=[P+]([O-])[O-].[Na+].[Na+].[Na+].[Na+]. The largest absolute Gasteiger partial charge is 1.00 e. The van der Waals surface area contributed by atoms with Crippen molar-refractivity contribution in [3.63, 3.8) is 0 Å². The van der Waals surface area contributed by atoms with Gasteiger partial charge >= 0.3 is 118 Å². The predicted octanol–water partition coefficient (Wildman–Crippen LogP) is -15.4. The van der Waals surface area contributed by atoms with Crippen LogP contribution in [-0.4, -0.2) is 11.0 Å². The molecule has 0 aromatic rings. The van der Waals surface area contributed by atoms with Crippen molar-refractivity contribution < 1.29 is 152 Å².